The number of carboxylic acid groups (broad SMARTS) is 2. The molecule has 1 amide bonds. The van der Waals surface area contributed by atoms with Crippen molar-refractivity contribution >= 4 is 23.9 Å². The standard InChI is InChI=1S/C26H27N5O2.C4H4O4/c27-18-21-6-8-23(9-7-21)26-29-24(30-33-26)10-11-25(32)28-15-12-20-13-16-31(17-14-20)19-22-4-2-1-3-5-22;5-3(6)1-2-4(7)8/h1-11,20H,12-17,19H2,(H,28,32);1-2H,(H,5,6)(H,7,8)/b11-10+;2-1+. The van der Waals surface area contributed by atoms with E-state index in [2.05, 4.69) is 56.8 Å². The van der Waals surface area contributed by atoms with Crippen molar-refractivity contribution in [3.05, 3.63) is 89.8 Å². The molecule has 1 aliphatic rings. The monoisotopic (exact) mass is 557 g/mol. The molecule has 0 radical (unpaired) electrons. The van der Waals surface area contributed by atoms with Gasteiger partial charge in [-0.3, -0.25) is 9.69 Å². The molecule has 4 rings (SSSR count). The SMILES string of the molecule is N#Cc1ccc(-c2nc(/C=C/C(=O)NCCC3CCN(Cc4ccccc4)CC3)no2)cc1.O=C(O)/C=C/C(=O)O. The molecule has 2 heterocycles. The van der Waals surface area contributed by atoms with E-state index in [0.29, 0.717) is 41.9 Å². The number of aromatic nitrogens is 2. The minimum atomic E-state index is -1.26. The predicted molar refractivity (Wildman–Crippen MR) is 150 cm³/mol. The number of amides is 1. The smallest absolute Gasteiger partial charge is 0.328 e. The van der Waals surface area contributed by atoms with E-state index in [0.717, 1.165) is 31.6 Å². The lowest BCUT2D eigenvalue weighted by atomic mass is 9.93. The first kappa shape index (κ1) is 30.5. The van der Waals surface area contributed by atoms with E-state index in [1.807, 2.05) is 0 Å². The number of aliphatic carboxylic acids is 2. The van der Waals surface area contributed by atoms with Crippen LogP contribution in [-0.2, 0) is 20.9 Å². The molecule has 0 bridgehead atoms. The highest BCUT2D eigenvalue weighted by atomic mass is 16.5. The van der Waals surface area contributed by atoms with Crippen molar-refractivity contribution in [2.75, 3.05) is 19.6 Å². The number of rotatable bonds is 10. The van der Waals surface area contributed by atoms with E-state index >= 15 is 0 Å². The summed E-state index contributed by atoms with van der Waals surface area (Å²) in [7, 11) is 0. The Hall–Kier alpha value is -5.08. The molecule has 3 N–H and O–H groups in total. The average molecular weight is 558 g/mol. The van der Waals surface area contributed by atoms with Gasteiger partial charge in [-0.05, 0) is 74.2 Å². The normalized spacial score (nSPS) is 13.8. The maximum Gasteiger partial charge on any atom is 0.328 e. The van der Waals surface area contributed by atoms with Gasteiger partial charge >= 0.3 is 11.9 Å². The number of benzene rings is 2. The second-order valence-corrected chi connectivity index (χ2v) is 9.27. The molecule has 2 aromatic carbocycles. The van der Waals surface area contributed by atoms with E-state index in [-0.39, 0.29) is 5.91 Å². The number of nitrogens with zero attached hydrogens (tertiary/aromatic N) is 4. The molecular formula is C30H31N5O6. The fourth-order valence-electron chi connectivity index (χ4n) is 4.13. The van der Waals surface area contributed by atoms with Crippen LogP contribution in [0.15, 0.2) is 77.3 Å². The molecular weight excluding hydrogens is 526 g/mol. The number of carboxylic acids is 2. The Morgan fingerprint density at radius 3 is 2.27 bits per heavy atom. The Balaban J connectivity index is 0.000000507. The molecule has 41 heavy (non-hydrogen) atoms. The third-order valence-electron chi connectivity index (χ3n) is 6.26. The minimum Gasteiger partial charge on any atom is -0.478 e. The maximum absolute atomic E-state index is 12.1. The Morgan fingerprint density at radius 2 is 1.66 bits per heavy atom. The maximum atomic E-state index is 12.1. The summed E-state index contributed by atoms with van der Waals surface area (Å²) in [5.74, 6) is -1.36. The van der Waals surface area contributed by atoms with Gasteiger partial charge in [-0.25, -0.2) is 9.59 Å². The number of likely N-dealkylation sites (tertiary alicyclic amines) is 1. The van der Waals surface area contributed by atoms with E-state index in [1.54, 1.807) is 24.3 Å². The fraction of sp³-hybridized carbons (Fsp3) is 0.267. The summed E-state index contributed by atoms with van der Waals surface area (Å²) in [5, 5.41) is 31.3. The molecule has 212 valence electrons. The average Bonchev–Trinajstić information content (AvgIpc) is 3.46. The molecule has 1 fully saturated rings. The van der Waals surface area contributed by atoms with Crippen LogP contribution in [0.5, 0.6) is 0 Å². The number of hydrogen-bond donors (Lipinski definition) is 3. The molecule has 11 heteroatoms. The van der Waals surface area contributed by atoms with Crippen LogP contribution in [0.4, 0.5) is 0 Å². The zero-order chi connectivity index (χ0) is 29.5. The van der Waals surface area contributed by atoms with Gasteiger partial charge in [0.05, 0.1) is 11.6 Å². The van der Waals surface area contributed by atoms with Gasteiger partial charge in [0.15, 0.2) is 5.82 Å². The highest BCUT2D eigenvalue weighted by molar-refractivity contribution is 5.91. The van der Waals surface area contributed by atoms with Gasteiger partial charge in [0.2, 0.25) is 5.91 Å². The zero-order valence-corrected chi connectivity index (χ0v) is 22.3. The highest BCUT2D eigenvalue weighted by Crippen LogP contribution is 2.21. The van der Waals surface area contributed by atoms with Crippen molar-refractivity contribution in [3.63, 3.8) is 0 Å². The fourth-order valence-corrected chi connectivity index (χ4v) is 4.13. The summed E-state index contributed by atoms with van der Waals surface area (Å²) in [4.78, 5) is 38.0. The largest absolute Gasteiger partial charge is 0.478 e. The molecule has 3 aromatic rings. The van der Waals surface area contributed by atoms with Crippen LogP contribution in [0.3, 0.4) is 0 Å². The van der Waals surface area contributed by atoms with Gasteiger partial charge in [-0.2, -0.15) is 10.2 Å². The summed E-state index contributed by atoms with van der Waals surface area (Å²) in [6.45, 7) is 3.88. The quantitative estimate of drug-likeness (QED) is 0.312. The van der Waals surface area contributed by atoms with E-state index in [1.165, 1.54) is 30.6 Å². The van der Waals surface area contributed by atoms with Crippen molar-refractivity contribution in [2.24, 2.45) is 5.92 Å². The molecule has 0 atom stereocenters. The van der Waals surface area contributed by atoms with Crippen molar-refractivity contribution in [1.82, 2.24) is 20.4 Å². The second kappa shape index (κ2) is 16.1. The highest BCUT2D eigenvalue weighted by Gasteiger charge is 2.19. The Morgan fingerprint density at radius 1 is 1.00 bits per heavy atom. The summed E-state index contributed by atoms with van der Waals surface area (Å²) < 4.78 is 5.23. The first-order valence-electron chi connectivity index (χ1n) is 13.0. The van der Waals surface area contributed by atoms with Crippen LogP contribution < -0.4 is 5.32 Å². The number of carbonyl (C=O) groups is 3. The summed E-state index contributed by atoms with van der Waals surface area (Å²) >= 11 is 0. The van der Waals surface area contributed by atoms with Gasteiger partial charge in [-0.1, -0.05) is 35.5 Å². The first-order chi connectivity index (χ1) is 19.8. The molecule has 0 aliphatic carbocycles. The van der Waals surface area contributed by atoms with E-state index in [9.17, 15) is 14.4 Å². The second-order valence-electron chi connectivity index (χ2n) is 9.27. The van der Waals surface area contributed by atoms with E-state index in [4.69, 9.17) is 20.0 Å². The van der Waals surface area contributed by atoms with E-state index < -0.39 is 11.9 Å². The number of nitriles is 1. The number of nitrogens with one attached hydrogen (secondary N) is 1. The van der Waals surface area contributed by atoms with Crippen LogP contribution in [0.25, 0.3) is 17.5 Å². The Bertz CT molecular complexity index is 1370. The first-order valence-corrected chi connectivity index (χ1v) is 13.0. The topological polar surface area (TPSA) is 170 Å². The van der Waals surface area contributed by atoms with Crippen LogP contribution in [0, 0.1) is 17.2 Å². The summed E-state index contributed by atoms with van der Waals surface area (Å²) in [6.07, 6.45) is 7.40. The molecule has 1 saturated heterocycles. The Labute approximate surface area is 237 Å². The van der Waals surface area contributed by atoms with Gasteiger partial charge in [0, 0.05) is 36.9 Å². The van der Waals surface area contributed by atoms with Gasteiger partial charge in [0.1, 0.15) is 0 Å². The molecule has 11 nitrogen and oxygen atoms in total. The third kappa shape index (κ3) is 11.3. The van der Waals surface area contributed by atoms with Crippen molar-refractivity contribution in [3.8, 4) is 17.5 Å². The van der Waals surface area contributed by atoms with Gasteiger partial charge in [0.25, 0.3) is 5.89 Å². The lowest BCUT2D eigenvalue weighted by Gasteiger charge is -2.32. The number of hydrogen-bond acceptors (Lipinski definition) is 8. The van der Waals surface area contributed by atoms with Crippen LogP contribution in [0.1, 0.15) is 36.2 Å². The van der Waals surface area contributed by atoms with Crippen molar-refractivity contribution < 1.29 is 29.1 Å². The molecule has 0 unspecified atom stereocenters. The molecule has 1 aliphatic heterocycles. The van der Waals surface area contributed by atoms with Crippen molar-refractivity contribution in [2.45, 2.75) is 25.8 Å². The lowest BCUT2D eigenvalue weighted by Crippen LogP contribution is -2.34. The molecule has 0 saturated carbocycles. The predicted octanol–water partition coefficient (Wildman–Crippen LogP) is 3.75. The third-order valence-corrected chi connectivity index (χ3v) is 6.26. The van der Waals surface area contributed by atoms with Gasteiger partial charge < -0.3 is 20.1 Å². The van der Waals surface area contributed by atoms with Gasteiger partial charge in [-0.15, -0.1) is 0 Å². The Kier molecular flexibility index (Phi) is 12.0. The minimum absolute atomic E-state index is 0.166. The van der Waals surface area contributed by atoms with Crippen LogP contribution >= 0.6 is 0 Å². The summed E-state index contributed by atoms with van der Waals surface area (Å²) in [6, 6.07) is 19.5. The number of piperidine rings is 1. The zero-order valence-electron chi connectivity index (χ0n) is 22.3. The van der Waals surface area contributed by atoms with Crippen molar-refractivity contribution in [1.29, 1.82) is 5.26 Å². The molecule has 0 spiro atoms. The van der Waals surface area contributed by atoms with Crippen LogP contribution in [0.2, 0.25) is 0 Å². The lowest BCUT2D eigenvalue weighted by molar-refractivity contribution is -0.134. The van der Waals surface area contributed by atoms with Crippen LogP contribution in [-0.4, -0.2) is 62.7 Å². The molecule has 1 aromatic heterocycles. The summed E-state index contributed by atoms with van der Waals surface area (Å²) in [5.41, 5.74) is 2.65. The number of carbonyl (C=O) groups excluding carboxylic acids is 1.